The molecule has 1 atom stereocenters. The van der Waals surface area contributed by atoms with Gasteiger partial charge < -0.3 is 9.73 Å². The first kappa shape index (κ1) is 10.0. The molecule has 1 unspecified atom stereocenters. The molecule has 0 fully saturated rings. The summed E-state index contributed by atoms with van der Waals surface area (Å²) < 4.78 is 5.32. The first-order valence-electron chi connectivity index (χ1n) is 5.40. The normalized spacial score (nSPS) is 12.9. The lowest BCUT2D eigenvalue weighted by Gasteiger charge is -2.13. The fourth-order valence-electron chi connectivity index (χ4n) is 1.75. The number of furan rings is 1. The molecule has 0 radical (unpaired) electrons. The standard InChI is InChI=1S/C12H16N2O/c1-3-4-9(2)14-12-10-6-8-15-11(10)5-7-13-12/h5-9H,3-4H2,1-2H3,(H,13,14). The van der Waals surface area contributed by atoms with Crippen LogP contribution in [0.4, 0.5) is 5.82 Å². The molecular formula is C12H16N2O. The largest absolute Gasteiger partial charge is 0.464 e. The summed E-state index contributed by atoms with van der Waals surface area (Å²) in [6.07, 6.45) is 5.79. The molecule has 3 nitrogen and oxygen atoms in total. The Bertz CT molecular complexity index is 436. The van der Waals surface area contributed by atoms with Gasteiger partial charge >= 0.3 is 0 Å². The third kappa shape index (κ3) is 2.12. The molecule has 0 saturated heterocycles. The number of anilines is 1. The van der Waals surface area contributed by atoms with Crippen LogP contribution in [0.2, 0.25) is 0 Å². The summed E-state index contributed by atoms with van der Waals surface area (Å²) in [4.78, 5) is 4.33. The van der Waals surface area contributed by atoms with Gasteiger partial charge in [-0.15, -0.1) is 0 Å². The summed E-state index contributed by atoms with van der Waals surface area (Å²) in [7, 11) is 0. The number of fused-ring (bicyclic) bond motifs is 1. The van der Waals surface area contributed by atoms with Crippen molar-refractivity contribution in [3.05, 3.63) is 24.6 Å². The Labute approximate surface area is 89.5 Å². The minimum Gasteiger partial charge on any atom is -0.464 e. The Hall–Kier alpha value is -1.51. The van der Waals surface area contributed by atoms with Crippen molar-refractivity contribution in [2.24, 2.45) is 0 Å². The number of nitrogens with zero attached hydrogens (tertiary/aromatic N) is 1. The van der Waals surface area contributed by atoms with Gasteiger partial charge in [-0.2, -0.15) is 0 Å². The number of hydrogen-bond acceptors (Lipinski definition) is 3. The van der Waals surface area contributed by atoms with Crippen LogP contribution in [-0.2, 0) is 0 Å². The zero-order valence-corrected chi connectivity index (χ0v) is 9.16. The van der Waals surface area contributed by atoms with E-state index in [1.54, 1.807) is 12.5 Å². The summed E-state index contributed by atoms with van der Waals surface area (Å²) in [5.74, 6) is 0.919. The molecule has 2 heterocycles. The predicted molar refractivity (Wildman–Crippen MR) is 62.0 cm³/mol. The van der Waals surface area contributed by atoms with E-state index < -0.39 is 0 Å². The van der Waals surface area contributed by atoms with E-state index in [0.717, 1.165) is 23.2 Å². The van der Waals surface area contributed by atoms with Crippen molar-refractivity contribution in [1.82, 2.24) is 4.98 Å². The molecule has 0 saturated carbocycles. The van der Waals surface area contributed by atoms with Crippen molar-refractivity contribution in [3.8, 4) is 0 Å². The molecule has 0 aromatic carbocycles. The Balaban J connectivity index is 2.23. The van der Waals surface area contributed by atoms with E-state index in [1.165, 1.54) is 6.42 Å². The van der Waals surface area contributed by atoms with E-state index in [2.05, 4.69) is 24.1 Å². The van der Waals surface area contributed by atoms with Crippen LogP contribution >= 0.6 is 0 Å². The average molecular weight is 204 g/mol. The van der Waals surface area contributed by atoms with Crippen LogP contribution in [0.15, 0.2) is 29.0 Å². The van der Waals surface area contributed by atoms with Crippen molar-refractivity contribution in [2.75, 3.05) is 5.32 Å². The van der Waals surface area contributed by atoms with Crippen LogP contribution in [-0.4, -0.2) is 11.0 Å². The lowest BCUT2D eigenvalue weighted by Crippen LogP contribution is -2.15. The van der Waals surface area contributed by atoms with E-state index in [0.29, 0.717) is 6.04 Å². The second-order valence-electron chi connectivity index (χ2n) is 3.83. The van der Waals surface area contributed by atoms with Crippen LogP contribution in [0.1, 0.15) is 26.7 Å². The third-order valence-corrected chi connectivity index (χ3v) is 2.48. The topological polar surface area (TPSA) is 38.1 Å². The predicted octanol–water partition coefficient (Wildman–Crippen LogP) is 3.43. The summed E-state index contributed by atoms with van der Waals surface area (Å²) in [6, 6.07) is 4.27. The molecule has 2 aromatic heterocycles. The fraction of sp³-hybridized carbons (Fsp3) is 0.417. The van der Waals surface area contributed by atoms with Gasteiger partial charge in [0, 0.05) is 12.2 Å². The molecule has 0 spiro atoms. The van der Waals surface area contributed by atoms with Crippen molar-refractivity contribution in [2.45, 2.75) is 32.7 Å². The van der Waals surface area contributed by atoms with Gasteiger partial charge in [0.05, 0.1) is 11.6 Å². The van der Waals surface area contributed by atoms with Crippen LogP contribution in [0.5, 0.6) is 0 Å². The number of nitrogens with one attached hydrogen (secondary N) is 1. The molecular weight excluding hydrogens is 188 g/mol. The number of rotatable bonds is 4. The molecule has 2 aromatic rings. The summed E-state index contributed by atoms with van der Waals surface area (Å²) >= 11 is 0. The zero-order valence-electron chi connectivity index (χ0n) is 9.16. The molecule has 3 heteroatoms. The van der Waals surface area contributed by atoms with E-state index in [4.69, 9.17) is 4.42 Å². The molecule has 0 aliphatic rings. The van der Waals surface area contributed by atoms with E-state index in [-0.39, 0.29) is 0 Å². The van der Waals surface area contributed by atoms with Crippen molar-refractivity contribution < 1.29 is 4.42 Å². The molecule has 0 aliphatic carbocycles. The van der Waals surface area contributed by atoms with E-state index >= 15 is 0 Å². The van der Waals surface area contributed by atoms with Crippen molar-refractivity contribution >= 4 is 16.8 Å². The minimum absolute atomic E-state index is 0.447. The van der Waals surface area contributed by atoms with Gasteiger partial charge in [-0.25, -0.2) is 4.98 Å². The maximum atomic E-state index is 5.32. The molecule has 80 valence electrons. The van der Waals surface area contributed by atoms with Crippen LogP contribution < -0.4 is 5.32 Å². The number of hydrogen-bond donors (Lipinski definition) is 1. The molecule has 1 N–H and O–H groups in total. The van der Waals surface area contributed by atoms with Crippen LogP contribution in [0.3, 0.4) is 0 Å². The van der Waals surface area contributed by atoms with Gasteiger partial charge in [-0.05, 0) is 25.5 Å². The summed E-state index contributed by atoms with van der Waals surface area (Å²) in [6.45, 7) is 4.36. The lowest BCUT2D eigenvalue weighted by molar-refractivity contribution is 0.615. The Morgan fingerprint density at radius 2 is 2.33 bits per heavy atom. The number of aromatic nitrogens is 1. The molecule has 0 aliphatic heterocycles. The highest BCUT2D eigenvalue weighted by molar-refractivity contribution is 5.87. The summed E-state index contributed by atoms with van der Waals surface area (Å²) in [5.41, 5.74) is 0.885. The summed E-state index contributed by atoms with van der Waals surface area (Å²) in [5, 5.41) is 4.46. The highest BCUT2D eigenvalue weighted by Crippen LogP contribution is 2.22. The molecule has 0 amide bonds. The molecule has 15 heavy (non-hydrogen) atoms. The lowest BCUT2D eigenvalue weighted by atomic mass is 10.2. The third-order valence-electron chi connectivity index (χ3n) is 2.48. The van der Waals surface area contributed by atoms with Gasteiger partial charge in [0.2, 0.25) is 0 Å². The van der Waals surface area contributed by atoms with Gasteiger partial charge in [0.15, 0.2) is 0 Å². The second-order valence-corrected chi connectivity index (χ2v) is 3.83. The Morgan fingerprint density at radius 1 is 1.47 bits per heavy atom. The van der Waals surface area contributed by atoms with Gasteiger partial charge in [0.25, 0.3) is 0 Å². The average Bonchev–Trinajstić information content (AvgIpc) is 2.67. The second kappa shape index (κ2) is 4.34. The van der Waals surface area contributed by atoms with E-state index in [1.807, 2.05) is 12.1 Å². The van der Waals surface area contributed by atoms with E-state index in [9.17, 15) is 0 Å². The van der Waals surface area contributed by atoms with Gasteiger partial charge in [-0.1, -0.05) is 13.3 Å². The highest BCUT2D eigenvalue weighted by atomic mass is 16.3. The highest BCUT2D eigenvalue weighted by Gasteiger charge is 2.06. The minimum atomic E-state index is 0.447. The van der Waals surface area contributed by atoms with Crippen LogP contribution in [0.25, 0.3) is 11.0 Å². The van der Waals surface area contributed by atoms with Crippen molar-refractivity contribution in [1.29, 1.82) is 0 Å². The number of pyridine rings is 1. The van der Waals surface area contributed by atoms with Crippen LogP contribution in [0, 0.1) is 0 Å². The van der Waals surface area contributed by atoms with Gasteiger partial charge in [-0.3, -0.25) is 0 Å². The Kier molecular flexibility index (Phi) is 2.90. The quantitative estimate of drug-likeness (QED) is 0.829. The SMILES string of the molecule is CCCC(C)Nc1nccc2occc12. The molecule has 0 bridgehead atoms. The smallest absolute Gasteiger partial charge is 0.139 e. The fourth-order valence-corrected chi connectivity index (χ4v) is 1.75. The molecule has 2 rings (SSSR count). The zero-order chi connectivity index (χ0) is 10.7. The first-order valence-corrected chi connectivity index (χ1v) is 5.40. The monoisotopic (exact) mass is 204 g/mol. The maximum absolute atomic E-state index is 5.32. The Morgan fingerprint density at radius 3 is 3.13 bits per heavy atom. The van der Waals surface area contributed by atoms with Crippen molar-refractivity contribution in [3.63, 3.8) is 0 Å². The van der Waals surface area contributed by atoms with Gasteiger partial charge in [0.1, 0.15) is 11.4 Å². The first-order chi connectivity index (χ1) is 7.31. The maximum Gasteiger partial charge on any atom is 0.139 e.